The summed E-state index contributed by atoms with van der Waals surface area (Å²) in [7, 11) is 0. The second-order valence-corrected chi connectivity index (χ2v) is 5.22. The number of nitrogens with one attached hydrogen (secondary N) is 1. The van der Waals surface area contributed by atoms with Crippen LogP contribution in [0.1, 0.15) is 20.8 Å². The first-order chi connectivity index (χ1) is 8.89. The fourth-order valence-corrected chi connectivity index (χ4v) is 1.63. The number of nitrogens with two attached hydrogens (primary N) is 1. The third kappa shape index (κ3) is 2.73. The normalized spacial score (nSPS) is 11.3. The zero-order chi connectivity index (χ0) is 14.0. The Hall–Kier alpha value is -2.37. The maximum atomic E-state index is 12.1. The summed E-state index contributed by atoms with van der Waals surface area (Å²) >= 11 is 0. The topological polar surface area (TPSA) is 85.8 Å². The number of hydrogen-bond donors (Lipinski definition) is 2. The van der Waals surface area contributed by atoms with Crippen molar-refractivity contribution in [3.05, 3.63) is 41.1 Å². The summed E-state index contributed by atoms with van der Waals surface area (Å²) in [6, 6.07) is 3.57. The fraction of sp³-hybridized carbons (Fsp3) is 0.308. The lowest BCUT2D eigenvalue weighted by atomic mass is 10.1. The van der Waals surface area contributed by atoms with Crippen LogP contribution in [0.4, 0.5) is 17.1 Å². The SMILES string of the molecule is CC(C)(C)n1ncc(Nc2ccncc2)c(N)c1=O. The molecule has 2 aromatic heterocycles. The van der Waals surface area contributed by atoms with Crippen molar-refractivity contribution in [2.75, 3.05) is 11.1 Å². The van der Waals surface area contributed by atoms with Gasteiger partial charge in [-0.25, -0.2) is 4.68 Å². The summed E-state index contributed by atoms with van der Waals surface area (Å²) < 4.78 is 1.38. The molecule has 2 heterocycles. The predicted octanol–water partition coefficient (Wildman–Crippen LogP) is 1.72. The van der Waals surface area contributed by atoms with E-state index in [0.29, 0.717) is 5.69 Å². The van der Waals surface area contributed by atoms with Crippen LogP contribution in [-0.2, 0) is 5.54 Å². The van der Waals surface area contributed by atoms with E-state index in [0.717, 1.165) is 5.69 Å². The van der Waals surface area contributed by atoms with E-state index < -0.39 is 5.54 Å². The fourth-order valence-electron chi connectivity index (χ4n) is 1.63. The van der Waals surface area contributed by atoms with Crippen molar-refractivity contribution >= 4 is 17.1 Å². The van der Waals surface area contributed by atoms with Crippen LogP contribution in [0.15, 0.2) is 35.5 Å². The van der Waals surface area contributed by atoms with Gasteiger partial charge in [-0.05, 0) is 32.9 Å². The molecule has 0 radical (unpaired) electrons. The summed E-state index contributed by atoms with van der Waals surface area (Å²) in [5.41, 5.74) is 6.63. The molecule has 3 N–H and O–H groups in total. The molecular weight excluding hydrogens is 242 g/mol. The van der Waals surface area contributed by atoms with Gasteiger partial charge in [-0.3, -0.25) is 9.78 Å². The van der Waals surface area contributed by atoms with E-state index >= 15 is 0 Å². The van der Waals surface area contributed by atoms with E-state index in [4.69, 9.17) is 5.73 Å². The monoisotopic (exact) mass is 259 g/mol. The number of hydrogen-bond acceptors (Lipinski definition) is 5. The summed E-state index contributed by atoms with van der Waals surface area (Å²) in [5, 5.41) is 7.20. The molecule has 0 bridgehead atoms. The zero-order valence-electron chi connectivity index (χ0n) is 11.2. The average molecular weight is 259 g/mol. The van der Waals surface area contributed by atoms with E-state index in [1.54, 1.807) is 30.7 Å². The van der Waals surface area contributed by atoms with Gasteiger partial charge < -0.3 is 11.1 Å². The standard InChI is InChI=1S/C13H17N5O/c1-13(2,3)18-12(19)11(14)10(8-16-18)17-9-4-6-15-7-5-9/h4-8H,14H2,1-3H3,(H,15,17). The maximum Gasteiger partial charge on any atom is 0.292 e. The molecular formula is C13H17N5O. The first-order valence-corrected chi connectivity index (χ1v) is 5.95. The Morgan fingerprint density at radius 1 is 1.26 bits per heavy atom. The molecule has 0 spiro atoms. The number of aromatic nitrogens is 3. The second kappa shape index (κ2) is 4.72. The molecule has 6 nitrogen and oxygen atoms in total. The predicted molar refractivity (Wildman–Crippen MR) is 75.4 cm³/mol. The van der Waals surface area contributed by atoms with Gasteiger partial charge in [0.25, 0.3) is 5.56 Å². The highest BCUT2D eigenvalue weighted by Crippen LogP contribution is 2.19. The minimum Gasteiger partial charge on any atom is -0.392 e. The molecule has 0 saturated heterocycles. The molecule has 0 saturated carbocycles. The molecule has 100 valence electrons. The zero-order valence-corrected chi connectivity index (χ0v) is 11.2. The molecule has 0 atom stereocenters. The smallest absolute Gasteiger partial charge is 0.292 e. The highest BCUT2D eigenvalue weighted by atomic mass is 16.1. The molecule has 0 aliphatic heterocycles. The van der Waals surface area contributed by atoms with Gasteiger partial charge in [-0.1, -0.05) is 0 Å². The van der Waals surface area contributed by atoms with Crippen LogP contribution in [0.2, 0.25) is 0 Å². The molecule has 0 aliphatic rings. The first kappa shape index (κ1) is 13.1. The summed E-state index contributed by atoms with van der Waals surface area (Å²) in [5.74, 6) is 0. The van der Waals surface area contributed by atoms with Gasteiger partial charge >= 0.3 is 0 Å². The Kier molecular flexibility index (Phi) is 3.25. The summed E-state index contributed by atoms with van der Waals surface area (Å²) in [6.07, 6.45) is 4.87. The maximum absolute atomic E-state index is 12.1. The van der Waals surface area contributed by atoms with Crippen LogP contribution in [0, 0.1) is 0 Å². The number of pyridine rings is 1. The van der Waals surface area contributed by atoms with Gasteiger partial charge in [0.1, 0.15) is 5.69 Å². The molecule has 0 aliphatic carbocycles. The van der Waals surface area contributed by atoms with E-state index in [-0.39, 0.29) is 11.2 Å². The van der Waals surface area contributed by atoms with Crippen LogP contribution in [0.5, 0.6) is 0 Å². The minimum atomic E-state index is -0.402. The van der Waals surface area contributed by atoms with Gasteiger partial charge in [0, 0.05) is 18.1 Å². The minimum absolute atomic E-state index is 0.154. The molecule has 6 heteroatoms. The summed E-state index contributed by atoms with van der Waals surface area (Å²) in [6.45, 7) is 5.70. The van der Waals surface area contributed by atoms with Crippen molar-refractivity contribution in [3.8, 4) is 0 Å². The lowest BCUT2D eigenvalue weighted by molar-refractivity contribution is 0.339. The molecule has 2 rings (SSSR count). The van der Waals surface area contributed by atoms with E-state index in [2.05, 4.69) is 15.4 Å². The lowest BCUT2D eigenvalue weighted by Crippen LogP contribution is -2.37. The lowest BCUT2D eigenvalue weighted by Gasteiger charge is -2.21. The van der Waals surface area contributed by atoms with Crippen molar-refractivity contribution < 1.29 is 0 Å². The first-order valence-electron chi connectivity index (χ1n) is 5.95. The van der Waals surface area contributed by atoms with Crippen LogP contribution in [0.3, 0.4) is 0 Å². The largest absolute Gasteiger partial charge is 0.392 e. The molecule has 0 unspecified atom stereocenters. The summed E-state index contributed by atoms with van der Waals surface area (Å²) in [4.78, 5) is 16.1. The molecule has 19 heavy (non-hydrogen) atoms. The number of anilines is 3. The van der Waals surface area contributed by atoms with Crippen LogP contribution < -0.4 is 16.6 Å². The van der Waals surface area contributed by atoms with E-state index in [9.17, 15) is 4.79 Å². The van der Waals surface area contributed by atoms with Crippen molar-refractivity contribution in [2.45, 2.75) is 26.3 Å². The van der Waals surface area contributed by atoms with E-state index in [1.807, 2.05) is 20.8 Å². The molecule has 2 aromatic rings. The molecule has 0 aromatic carbocycles. The average Bonchev–Trinajstić information content (AvgIpc) is 2.35. The van der Waals surface area contributed by atoms with Gasteiger partial charge in [0.2, 0.25) is 0 Å². The molecule has 0 fully saturated rings. The van der Waals surface area contributed by atoms with Gasteiger partial charge in [0.15, 0.2) is 0 Å². The van der Waals surface area contributed by atoms with Crippen molar-refractivity contribution in [1.82, 2.24) is 14.8 Å². The quantitative estimate of drug-likeness (QED) is 0.857. The Balaban J connectivity index is 2.40. The van der Waals surface area contributed by atoms with Crippen molar-refractivity contribution in [1.29, 1.82) is 0 Å². The van der Waals surface area contributed by atoms with Crippen molar-refractivity contribution in [3.63, 3.8) is 0 Å². The Labute approximate surface area is 111 Å². The number of nitrogen functional groups attached to an aromatic ring is 1. The van der Waals surface area contributed by atoms with Crippen LogP contribution in [0.25, 0.3) is 0 Å². The Bertz CT molecular complexity index is 628. The van der Waals surface area contributed by atoms with Crippen LogP contribution >= 0.6 is 0 Å². The Morgan fingerprint density at radius 2 is 1.89 bits per heavy atom. The van der Waals surface area contributed by atoms with Gasteiger partial charge in [-0.2, -0.15) is 5.10 Å². The highest BCUT2D eigenvalue weighted by molar-refractivity contribution is 5.70. The van der Waals surface area contributed by atoms with Gasteiger partial charge in [0.05, 0.1) is 17.4 Å². The third-order valence-electron chi connectivity index (χ3n) is 2.61. The number of nitrogens with zero attached hydrogens (tertiary/aromatic N) is 3. The van der Waals surface area contributed by atoms with Crippen LogP contribution in [-0.4, -0.2) is 14.8 Å². The highest BCUT2D eigenvalue weighted by Gasteiger charge is 2.18. The third-order valence-corrected chi connectivity index (χ3v) is 2.61. The van der Waals surface area contributed by atoms with E-state index in [1.165, 1.54) is 4.68 Å². The van der Waals surface area contributed by atoms with Gasteiger partial charge in [-0.15, -0.1) is 0 Å². The molecule has 0 amide bonds. The number of rotatable bonds is 2. The van der Waals surface area contributed by atoms with Crippen molar-refractivity contribution in [2.24, 2.45) is 0 Å². The Morgan fingerprint density at radius 3 is 2.47 bits per heavy atom. The second-order valence-electron chi connectivity index (χ2n) is 5.22.